The summed E-state index contributed by atoms with van der Waals surface area (Å²) in [5.41, 5.74) is 0.0633. The summed E-state index contributed by atoms with van der Waals surface area (Å²) in [6.07, 6.45) is 0. The summed E-state index contributed by atoms with van der Waals surface area (Å²) in [6.45, 7) is 0. The average Bonchev–Trinajstić information content (AvgIpc) is 2.40. The number of carboxylic acid groups (broad SMARTS) is 2. The monoisotopic (exact) mass is 448 g/mol. The molecule has 0 saturated heterocycles. The maximum absolute atomic E-state index is 10.2. The molecule has 0 aliphatic rings. The van der Waals surface area contributed by atoms with Gasteiger partial charge in [-0.15, -0.1) is 0 Å². The SMILES string of the molecule is O=C([O-])c1ccccc1Cl.O=C([O-])c1ccccc1Cl.[Ba+2]. The van der Waals surface area contributed by atoms with Crippen molar-refractivity contribution < 1.29 is 19.8 Å². The maximum Gasteiger partial charge on any atom is 2.00 e. The van der Waals surface area contributed by atoms with E-state index in [1.807, 2.05) is 0 Å². The number of carbonyl (C=O) groups excluding carboxylic acids is 2. The van der Waals surface area contributed by atoms with E-state index in [4.69, 9.17) is 23.2 Å². The van der Waals surface area contributed by atoms with Gasteiger partial charge >= 0.3 is 48.9 Å². The first kappa shape index (κ1) is 20.5. The Bertz CT molecular complexity index is 576. The van der Waals surface area contributed by atoms with Gasteiger partial charge in [0.05, 0.1) is 11.9 Å². The molecule has 0 heterocycles. The zero-order chi connectivity index (χ0) is 15.1. The van der Waals surface area contributed by atoms with Gasteiger partial charge in [-0.1, -0.05) is 59.6 Å². The van der Waals surface area contributed by atoms with E-state index in [1.165, 1.54) is 24.3 Å². The van der Waals surface area contributed by atoms with Gasteiger partial charge in [0, 0.05) is 21.2 Å². The third kappa shape index (κ3) is 6.88. The van der Waals surface area contributed by atoms with Crippen LogP contribution in [0.2, 0.25) is 10.0 Å². The summed E-state index contributed by atoms with van der Waals surface area (Å²) in [6, 6.07) is 12.3. The number of carbonyl (C=O) groups is 2. The van der Waals surface area contributed by atoms with Gasteiger partial charge in [-0.2, -0.15) is 0 Å². The van der Waals surface area contributed by atoms with Crippen LogP contribution >= 0.6 is 23.2 Å². The number of hydrogen-bond donors (Lipinski definition) is 0. The van der Waals surface area contributed by atoms with Crippen molar-refractivity contribution in [1.29, 1.82) is 0 Å². The van der Waals surface area contributed by atoms with E-state index in [0.717, 1.165) is 0 Å². The molecule has 104 valence electrons. The molecule has 0 spiro atoms. The number of halogens is 2. The first-order valence-corrected chi connectivity index (χ1v) is 6.11. The summed E-state index contributed by atoms with van der Waals surface area (Å²) >= 11 is 11.0. The van der Waals surface area contributed by atoms with Gasteiger partial charge in [-0.25, -0.2) is 0 Å². The predicted molar refractivity (Wildman–Crippen MR) is 77.3 cm³/mol. The van der Waals surface area contributed by atoms with Crippen molar-refractivity contribution in [1.82, 2.24) is 0 Å². The third-order valence-corrected chi connectivity index (χ3v) is 2.85. The molecule has 0 aliphatic carbocycles. The summed E-state index contributed by atoms with van der Waals surface area (Å²) in [7, 11) is 0. The van der Waals surface area contributed by atoms with Crippen molar-refractivity contribution in [3.8, 4) is 0 Å². The van der Waals surface area contributed by atoms with E-state index >= 15 is 0 Å². The number of carboxylic acids is 2. The van der Waals surface area contributed by atoms with Crippen LogP contribution < -0.4 is 10.2 Å². The van der Waals surface area contributed by atoms with E-state index in [9.17, 15) is 19.8 Å². The van der Waals surface area contributed by atoms with Crippen LogP contribution in [0.1, 0.15) is 20.7 Å². The van der Waals surface area contributed by atoms with Crippen molar-refractivity contribution in [2.45, 2.75) is 0 Å². The minimum Gasteiger partial charge on any atom is -0.545 e. The van der Waals surface area contributed by atoms with Crippen LogP contribution in [0.15, 0.2) is 48.5 Å². The smallest absolute Gasteiger partial charge is 0.545 e. The number of hydrogen-bond acceptors (Lipinski definition) is 4. The molecule has 2 aromatic rings. The van der Waals surface area contributed by atoms with Crippen LogP contribution in [0.5, 0.6) is 0 Å². The Balaban J connectivity index is 0.000000364. The number of benzene rings is 2. The maximum atomic E-state index is 10.2. The van der Waals surface area contributed by atoms with Crippen LogP contribution in [-0.2, 0) is 0 Å². The van der Waals surface area contributed by atoms with E-state index in [2.05, 4.69) is 0 Å². The van der Waals surface area contributed by atoms with Gasteiger partial charge in [0.15, 0.2) is 0 Å². The van der Waals surface area contributed by atoms with E-state index < -0.39 is 11.9 Å². The van der Waals surface area contributed by atoms with Gasteiger partial charge < -0.3 is 19.8 Å². The van der Waals surface area contributed by atoms with Crippen molar-refractivity contribution in [2.75, 3.05) is 0 Å². The zero-order valence-corrected chi connectivity index (χ0v) is 16.7. The second kappa shape index (κ2) is 10.3. The molecule has 0 bridgehead atoms. The second-order valence-electron chi connectivity index (χ2n) is 3.53. The standard InChI is InChI=1S/2C7H5ClO2.Ba/c2*8-6-4-2-1-3-5(6)7(9)10;/h2*1-4H,(H,9,10);/q;;+2/p-2. The minimum atomic E-state index is -1.24. The molecule has 4 nitrogen and oxygen atoms in total. The van der Waals surface area contributed by atoms with Crippen LogP contribution in [0.4, 0.5) is 0 Å². The fraction of sp³-hybridized carbons (Fsp3) is 0. The molecule has 0 aliphatic heterocycles. The Hall–Kier alpha value is -0.469. The van der Waals surface area contributed by atoms with Crippen molar-refractivity contribution in [3.63, 3.8) is 0 Å². The third-order valence-electron chi connectivity index (χ3n) is 2.19. The molecule has 0 atom stereocenters. The molecule has 0 aromatic heterocycles. The molecule has 7 heteroatoms. The molecule has 21 heavy (non-hydrogen) atoms. The first-order valence-electron chi connectivity index (χ1n) is 5.35. The number of rotatable bonds is 2. The molecule has 2 aromatic carbocycles. The Morgan fingerprint density at radius 2 is 1.00 bits per heavy atom. The van der Waals surface area contributed by atoms with Gasteiger partial charge in [0.1, 0.15) is 0 Å². The average molecular weight is 448 g/mol. The van der Waals surface area contributed by atoms with Crippen molar-refractivity contribution in [3.05, 3.63) is 69.7 Å². The Kier molecular flexibility index (Phi) is 10.1. The molecule has 0 unspecified atom stereocenters. The van der Waals surface area contributed by atoms with Crippen LogP contribution in [0.3, 0.4) is 0 Å². The summed E-state index contributed by atoms with van der Waals surface area (Å²) < 4.78 is 0. The van der Waals surface area contributed by atoms with Crippen molar-refractivity contribution >= 4 is 84.0 Å². The van der Waals surface area contributed by atoms with Gasteiger partial charge in [0.2, 0.25) is 0 Å². The van der Waals surface area contributed by atoms with E-state index in [0.29, 0.717) is 0 Å². The van der Waals surface area contributed by atoms with Gasteiger partial charge in [0.25, 0.3) is 0 Å². The molecule has 0 amide bonds. The molecule has 0 radical (unpaired) electrons. The fourth-order valence-corrected chi connectivity index (χ4v) is 1.68. The summed E-state index contributed by atoms with van der Waals surface area (Å²) in [4.78, 5) is 20.5. The van der Waals surface area contributed by atoms with Crippen LogP contribution in [0, 0.1) is 0 Å². The van der Waals surface area contributed by atoms with Crippen LogP contribution in [-0.4, -0.2) is 60.8 Å². The molecule has 0 fully saturated rings. The topological polar surface area (TPSA) is 80.3 Å². The molecule has 0 saturated carbocycles. The van der Waals surface area contributed by atoms with Gasteiger partial charge in [-0.05, 0) is 12.1 Å². The molecular weight excluding hydrogens is 440 g/mol. The molecule has 2 rings (SSSR count). The minimum absolute atomic E-state index is 0. The Labute approximate surface area is 171 Å². The largest absolute Gasteiger partial charge is 2.00 e. The van der Waals surface area contributed by atoms with Crippen LogP contribution in [0.25, 0.3) is 0 Å². The molecular formula is C14H8BaCl2O4. The molecule has 0 N–H and O–H groups in total. The Morgan fingerprint density at radius 1 is 0.714 bits per heavy atom. The zero-order valence-electron chi connectivity index (χ0n) is 10.7. The normalized spacial score (nSPS) is 8.86. The second-order valence-corrected chi connectivity index (χ2v) is 4.35. The summed E-state index contributed by atoms with van der Waals surface area (Å²) in [5.74, 6) is -2.49. The van der Waals surface area contributed by atoms with E-state index in [-0.39, 0.29) is 70.1 Å². The Morgan fingerprint density at radius 3 is 1.19 bits per heavy atom. The van der Waals surface area contributed by atoms with Gasteiger partial charge in [-0.3, -0.25) is 0 Å². The predicted octanol–water partition coefficient (Wildman–Crippen LogP) is 1.03. The number of aromatic carboxylic acids is 2. The quantitative estimate of drug-likeness (QED) is 0.643. The first-order chi connectivity index (χ1) is 9.43. The fourth-order valence-electron chi connectivity index (χ4n) is 1.25. The summed E-state index contributed by atoms with van der Waals surface area (Å²) in [5, 5.41) is 20.9. The van der Waals surface area contributed by atoms with Crippen molar-refractivity contribution in [2.24, 2.45) is 0 Å². The van der Waals surface area contributed by atoms with E-state index in [1.54, 1.807) is 24.3 Å².